The van der Waals surface area contributed by atoms with E-state index in [1.165, 1.54) is 24.8 Å². The highest BCUT2D eigenvalue weighted by atomic mass is 16.6. The molecule has 1 heterocycles. The minimum atomic E-state index is -0.294. The smallest absolute Gasteiger partial charge is 0.333 e. The summed E-state index contributed by atoms with van der Waals surface area (Å²) >= 11 is 0. The van der Waals surface area contributed by atoms with Gasteiger partial charge in [-0.2, -0.15) is 5.26 Å². The van der Waals surface area contributed by atoms with Crippen LogP contribution < -0.4 is 0 Å². The fraction of sp³-hybridized carbons (Fsp3) is 0.440. The standard InChI is InChI=1S/C25H29NO3/c1-3-4-5-6-7-23(24-16-18(2)25(27)29-24)28-22-14-12-21(13-15-22)20-10-8-19(17-26)9-11-20/h8-12,14,23-24H,2-7,13,15-16H2,1H3. The first kappa shape index (κ1) is 20.9. The van der Waals surface area contributed by atoms with Crippen molar-refractivity contribution in [2.24, 2.45) is 0 Å². The number of allylic oxidation sites excluding steroid dienone is 4. The van der Waals surface area contributed by atoms with Gasteiger partial charge in [0, 0.05) is 18.4 Å². The molecule has 1 aromatic rings. The Morgan fingerprint density at radius 1 is 1.21 bits per heavy atom. The summed E-state index contributed by atoms with van der Waals surface area (Å²) in [6.45, 7) is 6.00. The third-order valence-electron chi connectivity index (χ3n) is 5.55. The van der Waals surface area contributed by atoms with Gasteiger partial charge in [0.25, 0.3) is 0 Å². The Morgan fingerprint density at radius 2 is 2.00 bits per heavy atom. The van der Waals surface area contributed by atoms with Crippen molar-refractivity contribution in [1.82, 2.24) is 0 Å². The van der Waals surface area contributed by atoms with Gasteiger partial charge >= 0.3 is 5.97 Å². The number of hydrogen-bond donors (Lipinski definition) is 0. The highest BCUT2D eigenvalue weighted by Crippen LogP contribution is 2.32. The lowest BCUT2D eigenvalue weighted by atomic mass is 9.95. The van der Waals surface area contributed by atoms with Crippen molar-refractivity contribution in [3.8, 4) is 6.07 Å². The van der Waals surface area contributed by atoms with E-state index < -0.39 is 0 Å². The molecule has 4 heteroatoms. The molecule has 0 aromatic heterocycles. The molecule has 0 amide bonds. The molecule has 2 aliphatic rings. The average Bonchev–Trinajstić information content (AvgIpc) is 3.09. The highest BCUT2D eigenvalue weighted by Gasteiger charge is 2.35. The zero-order chi connectivity index (χ0) is 20.6. The van der Waals surface area contributed by atoms with Crippen LogP contribution in [0.1, 0.15) is 69.4 Å². The molecular formula is C25H29NO3. The van der Waals surface area contributed by atoms with Crippen LogP contribution in [0, 0.1) is 11.3 Å². The topological polar surface area (TPSA) is 59.3 Å². The second-order valence-electron chi connectivity index (χ2n) is 7.77. The fourth-order valence-electron chi connectivity index (χ4n) is 3.80. The molecule has 1 aliphatic carbocycles. The Balaban J connectivity index is 1.65. The van der Waals surface area contributed by atoms with Gasteiger partial charge in [-0.15, -0.1) is 0 Å². The predicted octanol–water partition coefficient (Wildman–Crippen LogP) is 5.85. The summed E-state index contributed by atoms with van der Waals surface area (Å²) in [7, 11) is 0. The number of rotatable bonds is 9. The molecule has 2 unspecified atom stereocenters. The molecule has 1 aromatic carbocycles. The second-order valence-corrected chi connectivity index (χ2v) is 7.77. The van der Waals surface area contributed by atoms with Crippen LogP contribution in [-0.2, 0) is 14.3 Å². The molecule has 0 radical (unpaired) electrons. The number of cyclic esters (lactones) is 1. The van der Waals surface area contributed by atoms with E-state index in [2.05, 4.69) is 25.6 Å². The largest absolute Gasteiger partial charge is 0.491 e. The van der Waals surface area contributed by atoms with Crippen molar-refractivity contribution in [3.63, 3.8) is 0 Å². The van der Waals surface area contributed by atoms with E-state index in [0.29, 0.717) is 17.6 Å². The molecule has 0 bridgehead atoms. The third-order valence-corrected chi connectivity index (χ3v) is 5.55. The fourth-order valence-corrected chi connectivity index (χ4v) is 3.80. The third kappa shape index (κ3) is 5.60. The summed E-state index contributed by atoms with van der Waals surface area (Å²) in [5.41, 5.74) is 3.58. The molecule has 152 valence electrons. The van der Waals surface area contributed by atoms with Crippen LogP contribution in [0.25, 0.3) is 5.57 Å². The van der Waals surface area contributed by atoms with E-state index in [0.717, 1.165) is 37.0 Å². The highest BCUT2D eigenvalue weighted by molar-refractivity contribution is 5.90. The maximum atomic E-state index is 11.8. The van der Waals surface area contributed by atoms with E-state index >= 15 is 0 Å². The minimum absolute atomic E-state index is 0.119. The summed E-state index contributed by atoms with van der Waals surface area (Å²) in [5, 5.41) is 8.94. The van der Waals surface area contributed by atoms with Crippen LogP contribution >= 0.6 is 0 Å². The first-order chi connectivity index (χ1) is 14.1. The maximum absolute atomic E-state index is 11.8. The normalized spacial score (nSPS) is 19.8. The summed E-state index contributed by atoms with van der Waals surface area (Å²) < 4.78 is 11.8. The van der Waals surface area contributed by atoms with Crippen LogP contribution in [0.2, 0.25) is 0 Å². The van der Waals surface area contributed by atoms with Gasteiger partial charge in [0.2, 0.25) is 0 Å². The number of unbranched alkanes of at least 4 members (excludes halogenated alkanes) is 3. The van der Waals surface area contributed by atoms with Crippen molar-refractivity contribution in [2.45, 2.75) is 70.5 Å². The monoisotopic (exact) mass is 391 g/mol. The van der Waals surface area contributed by atoms with E-state index in [4.69, 9.17) is 14.7 Å². The Labute approximate surface area is 173 Å². The van der Waals surface area contributed by atoms with E-state index in [9.17, 15) is 4.79 Å². The van der Waals surface area contributed by atoms with Gasteiger partial charge in [-0.05, 0) is 48.6 Å². The van der Waals surface area contributed by atoms with E-state index in [1.54, 1.807) is 0 Å². The average molecular weight is 392 g/mol. The molecule has 1 saturated heterocycles. The van der Waals surface area contributed by atoms with Crippen LogP contribution in [0.15, 0.2) is 54.3 Å². The number of nitriles is 1. The Kier molecular flexibility index (Phi) is 7.30. The number of carbonyl (C=O) groups is 1. The number of ether oxygens (including phenoxy) is 2. The second kappa shape index (κ2) is 10.1. The van der Waals surface area contributed by atoms with Crippen LogP contribution in [0.4, 0.5) is 0 Å². The maximum Gasteiger partial charge on any atom is 0.333 e. The van der Waals surface area contributed by atoms with Crippen LogP contribution in [-0.4, -0.2) is 18.2 Å². The number of nitrogens with zero attached hydrogens (tertiary/aromatic N) is 1. The number of carbonyl (C=O) groups excluding carboxylic acids is 1. The molecule has 1 fully saturated rings. The van der Waals surface area contributed by atoms with Gasteiger partial charge in [0.1, 0.15) is 12.2 Å². The van der Waals surface area contributed by atoms with Crippen molar-refractivity contribution >= 4 is 11.5 Å². The van der Waals surface area contributed by atoms with Crippen molar-refractivity contribution in [1.29, 1.82) is 5.26 Å². The van der Waals surface area contributed by atoms with E-state index in [-0.39, 0.29) is 18.2 Å². The van der Waals surface area contributed by atoms with Gasteiger partial charge in [-0.25, -0.2) is 4.79 Å². The Morgan fingerprint density at radius 3 is 2.59 bits per heavy atom. The van der Waals surface area contributed by atoms with Crippen molar-refractivity contribution < 1.29 is 14.3 Å². The summed E-state index contributed by atoms with van der Waals surface area (Å²) in [6.07, 6.45) is 11.5. The molecule has 0 N–H and O–H groups in total. The molecule has 4 nitrogen and oxygen atoms in total. The molecule has 3 rings (SSSR count). The quantitative estimate of drug-likeness (QED) is 0.301. The van der Waals surface area contributed by atoms with Crippen molar-refractivity contribution in [2.75, 3.05) is 0 Å². The molecule has 2 atom stereocenters. The van der Waals surface area contributed by atoms with Crippen molar-refractivity contribution in [3.05, 3.63) is 65.5 Å². The van der Waals surface area contributed by atoms with Gasteiger partial charge in [-0.3, -0.25) is 0 Å². The summed E-state index contributed by atoms with van der Waals surface area (Å²) in [6, 6.07) is 9.82. The molecule has 0 spiro atoms. The first-order valence-corrected chi connectivity index (χ1v) is 10.6. The minimum Gasteiger partial charge on any atom is -0.491 e. The summed E-state index contributed by atoms with van der Waals surface area (Å²) in [5.74, 6) is 0.647. The number of esters is 1. The lowest BCUT2D eigenvalue weighted by Gasteiger charge is -2.26. The molecule has 29 heavy (non-hydrogen) atoms. The molecule has 0 saturated carbocycles. The van der Waals surface area contributed by atoms with Gasteiger partial charge in [0.05, 0.1) is 17.4 Å². The predicted molar refractivity (Wildman–Crippen MR) is 114 cm³/mol. The Hall–Kier alpha value is -2.80. The zero-order valence-electron chi connectivity index (χ0n) is 17.2. The lowest BCUT2D eigenvalue weighted by molar-refractivity contribution is -0.144. The number of hydrogen-bond acceptors (Lipinski definition) is 4. The lowest BCUT2D eigenvalue weighted by Crippen LogP contribution is -2.29. The van der Waals surface area contributed by atoms with Gasteiger partial charge in [0.15, 0.2) is 0 Å². The first-order valence-electron chi connectivity index (χ1n) is 10.6. The number of benzene rings is 1. The van der Waals surface area contributed by atoms with E-state index in [1.807, 2.05) is 30.3 Å². The van der Waals surface area contributed by atoms with Gasteiger partial charge in [-0.1, -0.05) is 51.0 Å². The molecule has 1 aliphatic heterocycles. The molecular weight excluding hydrogens is 362 g/mol. The van der Waals surface area contributed by atoms with Crippen LogP contribution in [0.3, 0.4) is 0 Å². The Bertz CT molecular complexity index is 826. The SMILES string of the molecule is C=C1CC(C(CCCCCC)OC2=CC=C(c3ccc(C#N)cc3)CC2)OC1=O. The zero-order valence-corrected chi connectivity index (χ0v) is 17.2. The van der Waals surface area contributed by atoms with Gasteiger partial charge < -0.3 is 9.47 Å². The summed E-state index contributed by atoms with van der Waals surface area (Å²) in [4.78, 5) is 11.8. The van der Waals surface area contributed by atoms with Crippen LogP contribution in [0.5, 0.6) is 0 Å².